The Morgan fingerprint density at radius 1 is 1.36 bits per heavy atom. The maximum atomic E-state index is 13.3. The van der Waals surface area contributed by atoms with Crippen LogP contribution in [0.1, 0.15) is 30.5 Å². The van der Waals surface area contributed by atoms with E-state index in [0.29, 0.717) is 24.8 Å². The molecule has 1 aromatic carbocycles. The van der Waals surface area contributed by atoms with Gasteiger partial charge in [-0.1, -0.05) is 6.07 Å². The van der Waals surface area contributed by atoms with Gasteiger partial charge < -0.3 is 14.5 Å². The molecule has 1 saturated heterocycles. The number of piperidine rings is 1. The number of hydrogen-bond donors (Lipinski definition) is 0. The second-order valence-corrected chi connectivity index (χ2v) is 7.88. The second-order valence-electron chi connectivity index (χ2n) is 7.88. The van der Waals surface area contributed by atoms with Crippen LogP contribution in [0.2, 0.25) is 0 Å². The normalized spacial score (nSPS) is 20.9. The number of rotatable bonds is 4. The predicted octanol–water partition coefficient (Wildman–Crippen LogP) is 2.57. The quantitative estimate of drug-likeness (QED) is 0.811. The molecule has 1 aromatic heterocycles. The molecule has 1 aliphatic heterocycles. The van der Waals surface area contributed by atoms with Gasteiger partial charge in [0.15, 0.2) is 6.61 Å². The maximum absolute atomic E-state index is 13.3. The topological polar surface area (TPSA) is 58.6 Å². The number of anilines is 1. The second kappa shape index (κ2) is 7.37. The van der Waals surface area contributed by atoms with Crippen LogP contribution in [0.4, 0.5) is 10.3 Å². The van der Waals surface area contributed by atoms with Crippen LogP contribution in [-0.2, 0) is 16.6 Å². The van der Waals surface area contributed by atoms with E-state index in [0.717, 1.165) is 31.4 Å². The molecule has 2 aromatic rings. The Hall–Kier alpha value is -2.70. The van der Waals surface area contributed by atoms with Crippen molar-refractivity contribution in [2.75, 3.05) is 38.7 Å². The SMILES string of the molecule is CN(C)c1ncc2c(n1)C1(CCCN(C(=O)COc3cccc(F)c3)C1)CC2. The number of fused-ring (bicyclic) bond motifs is 2. The van der Waals surface area contributed by atoms with Gasteiger partial charge in [-0.3, -0.25) is 4.79 Å². The highest BCUT2D eigenvalue weighted by Gasteiger charge is 2.44. The van der Waals surface area contributed by atoms with Crippen molar-refractivity contribution in [3.63, 3.8) is 0 Å². The smallest absolute Gasteiger partial charge is 0.260 e. The summed E-state index contributed by atoms with van der Waals surface area (Å²) in [6, 6.07) is 5.87. The minimum Gasteiger partial charge on any atom is -0.484 e. The van der Waals surface area contributed by atoms with E-state index in [9.17, 15) is 9.18 Å². The van der Waals surface area contributed by atoms with E-state index in [4.69, 9.17) is 9.72 Å². The summed E-state index contributed by atoms with van der Waals surface area (Å²) in [6.07, 6.45) is 5.83. The zero-order valence-corrected chi connectivity index (χ0v) is 16.3. The molecule has 0 N–H and O–H groups in total. The van der Waals surface area contributed by atoms with Crippen LogP contribution in [0.15, 0.2) is 30.5 Å². The molecule has 1 atom stereocenters. The van der Waals surface area contributed by atoms with Gasteiger partial charge in [0.2, 0.25) is 5.95 Å². The van der Waals surface area contributed by atoms with Gasteiger partial charge in [0.25, 0.3) is 5.91 Å². The lowest BCUT2D eigenvalue weighted by Gasteiger charge is -2.40. The molecule has 1 amide bonds. The van der Waals surface area contributed by atoms with Crippen molar-refractivity contribution in [1.82, 2.24) is 14.9 Å². The molecular weight excluding hydrogens is 359 g/mol. The number of amides is 1. The van der Waals surface area contributed by atoms with Gasteiger partial charge in [0.1, 0.15) is 11.6 Å². The average molecular weight is 384 g/mol. The van der Waals surface area contributed by atoms with Crippen molar-refractivity contribution in [2.45, 2.75) is 31.1 Å². The van der Waals surface area contributed by atoms with Crippen molar-refractivity contribution in [3.8, 4) is 5.75 Å². The third kappa shape index (κ3) is 3.53. The monoisotopic (exact) mass is 384 g/mol. The lowest BCUT2D eigenvalue weighted by Crippen LogP contribution is -2.49. The first-order valence-corrected chi connectivity index (χ1v) is 9.67. The standard InChI is InChI=1S/C21H25FN4O2/c1-25(2)20-23-12-15-7-9-21(19(15)24-20)8-4-10-26(14-21)18(27)13-28-17-6-3-5-16(22)11-17/h3,5-6,11-12H,4,7-10,13-14H2,1-2H3. The van der Waals surface area contributed by atoms with Crippen molar-refractivity contribution in [2.24, 2.45) is 0 Å². The number of hydrogen-bond acceptors (Lipinski definition) is 5. The number of carbonyl (C=O) groups excluding carboxylic acids is 1. The summed E-state index contributed by atoms with van der Waals surface area (Å²) in [7, 11) is 3.87. The lowest BCUT2D eigenvalue weighted by molar-refractivity contribution is -0.135. The van der Waals surface area contributed by atoms with E-state index in [-0.39, 0.29) is 23.7 Å². The van der Waals surface area contributed by atoms with Crippen molar-refractivity contribution in [1.29, 1.82) is 0 Å². The molecule has 1 aliphatic carbocycles. The summed E-state index contributed by atoms with van der Waals surface area (Å²) in [6.45, 7) is 1.28. The Bertz CT molecular complexity index is 884. The zero-order valence-electron chi connectivity index (χ0n) is 16.3. The summed E-state index contributed by atoms with van der Waals surface area (Å²) in [5.74, 6) is 0.632. The van der Waals surface area contributed by atoms with E-state index in [1.54, 1.807) is 12.1 Å². The Labute approximate surface area is 164 Å². The molecule has 2 aliphatic rings. The number of aromatic nitrogens is 2. The third-order valence-corrected chi connectivity index (χ3v) is 5.72. The Morgan fingerprint density at radius 2 is 2.21 bits per heavy atom. The first-order chi connectivity index (χ1) is 13.5. The summed E-state index contributed by atoms with van der Waals surface area (Å²) in [5, 5.41) is 0. The largest absolute Gasteiger partial charge is 0.484 e. The molecule has 1 unspecified atom stereocenters. The summed E-state index contributed by atoms with van der Waals surface area (Å²) >= 11 is 0. The van der Waals surface area contributed by atoms with Crippen LogP contribution in [-0.4, -0.2) is 54.6 Å². The Morgan fingerprint density at radius 3 is 3.00 bits per heavy atom. The van der Waals surface area contributed by atoms with Crippen LogP contribution in [0, 0.1) is 5.82 Å². The van der Waals surface area contributed by atoms with Gasteiger partial charge in [-0.2, -0.15) is 0 Å². The minimum absolute atomic E-state index is 0.0707. The first kappa shape index (κ1) is 18.7. The van der Waals surface area contributed by atoms with Gasteiger partial charge in [-0.05, 0) is 43.4 Å². The van der Waals surface area contributed by atoms with Gasteiger partial charge in [-0.15, -0.1) is 0 Å². The fourth-order valence-electron chi connectivity index (χ4n) is 4.28. The molecule has 28 heavy (non-hydrogen) atoms. The molecule has 0 saturated carbocycles. The van der Waals surface area contributed by atoms with E-state index in [1.165, 1.54) is 17.7 Å². The fraction of sp³-hybridized carbons (Fsp3) is 0.476. The molecule has 0 radical (unpaired) electrons. The fourth-order valence-corrected chi connectivity index (χ4v) is 4.28. The predicted molar refractivity (Wildman–Crippen MR) is 104 cm³/mol. The molecule has 148 valence electrons. The van der Waals surface area contributed by atoms with Gasteiger partial charge in [0, 0.05) is 44.9 Å². The number of halogens is 1. The molecule has 2 heterocycles. The van der Waals surface area contributed by atoms with Gasteiger partial charge >= 0.3 is 0 Å². The highest BCUT2D eigenvalue weighted by atomic mass is 19.1. The lowest BCUT2D eigenvalue weighted by atomic mass is 9.77. The van der Waals surface area contributed by atoms with Crippen LogP contribution < -0.4 is 9.64 Å². The molecule has 6 nitrogen and oxygen atoms in total. The van der Waals surface area contributed by atoms with E-state index in [1.807, 2.05) is 30.1 Å². The summed E-state index contributed by atoms with van der Waals surface area (Å²) < 4.78 is 18.8. The molecular formula is C21H25FN4O2. The number of ether oxygens (including phenoxy) is 1. The number of aryl methyl sites for hydroxylation is 1. The summed E-state index contributed by atoms with van der Waals surface area (Å²) in [5.41, 5.74) is 2.18. The van der Waals surface area contributed by atoms with Crippen molar-refractivity contribution < 1.29 is 13.9 Å². The number of likely N-dealkylation sites (tertiary alicyclic amines) is 1. The highest BCUT2D eigenvalue weighted by Crippen LogP contribution is 2.44. The molecule has 0 bridgehead atoms. The van der Waals surface area contributed by atoms with Gasteiger partial charge in [-0.25, -0.2) is 14.4 Å². The summed E-state index contributed by atoms with van der Waals surface area (Å²) in [4.78, 5) is 25.8. The van der Waals surface area contributed by atoms with Crippen LogP contribution >= 0.6 is 0 Å². The zero-order chi connectivity index (χ0) is 19.7. The van der Waals surface area contributed by atoms with Crippen LogP contribution in [0.25, 0.3) is 0 Å². The van der Waals surface area contributed by atoms with E-state index in [2.05, 4.69) is 4.98 Å². The van der Waals surface area contributed by atoms with E-state index < -0.39 is 0 Å². The maximum Gasteiger partial charge on any atom is 0.260 e. The number of benzene rings is 1. The molecule has 1 spiro atoms. The molecule has 7 heteroatoms. The minimum atomic E-state index is -0.374. The highest BCUT2D eigenvalue weighted by molar-refractivity contribution is 5.78. The van der Waals surface area contributed by atoms with Gasteiger partial charge in [0.05, 0.1) is 5.69 Å². The Balaban J connectivity index is 1.48. The van der Waals surface area contributed by atoms with Crippen LogP contribution in [0.3, 0.4) is 0 Å². The number of carbonyl (C=O) groups is 1. The first-order valence-electron chi connectivity index (χ1n) is 9.67. The van der Waals surface area contributed by atoms with Crippen molar-refractivity contribution in [3.05, 3.63) is 47.5 Å². The van der Waals surface area contributed by atoms with Crippen molar-refractivity contribution >= 4 is 11.9 Å². The Kier molecular flexibility index (Phi) is 4.91. The molecule has 1 fully saturated rings. The molecule has 4 rings (SSSR count). The van der Waals surface area contributed by atoms with Crippen LogP contribution in [0.5, 0.6) is 5.75 Å². The third-order valence-electron chi connectivity index (χ3n) is 5.72. The van der Waals surface area contributed by atoms with E-state index >= 15 is 0 Å². The number of nitrogens with zero attached hydrogens (tertiary/aromatic N) is 4. The average Bonchev–Trinajstić information content (AvgIpc) is 3.03.